The zero-order valence-electron chi connectivity index (χ0n) is 19.1. The summed E-state index contributed by atoms with van der Waals surface area (Å²) in [6.07, 6.45) is 2.74. The molecule has 0 aromatic rings. The zero-order chi connectivity index (χ0) is 24.5. The molecule has 5 rings (SSSR count). The smallest absolute Gasteiger partial charge is 0.475 e. The third-order valence-corrected chi connectivity index (χ3v) is 7.17. The lowest BCUT2D eigenvalue weighted by Gasteiger charge is -2.56. The highest BCUT2D eigenvalue weighted by Crippen LogP contribution is 2.38. The number of carbonyl (C=O) groups is 3. The average molecular weight is 492 g/mol. The highest BCUT2D eigenvalue weighted by Gasteiger charge is 2.54. The predicted molar refractivity (Wildman–Crippen MR) is 111 cm³/mol. The Morgan fingerprint density at radius 3 is 2.15 bits per heavy atom. The molecule has 192 valence electrons. The van der Waals surface area contributed by atoms with Crippen molar-refractivity contribution < 1.29 is 42.2 Å². The van der Waals surface area contributed by atoms with Crippen molar-refractivity contribution in [2.75, 3.05) is 45.9 Å². The number of nitrogens with zero attached hydrogens (tertiary/aromatic N) is 3. The van der Waals surface area contributed by atoms with Crippen molar-refractivity contribution in [3.05, 3.63) is 0 Å². The quantitative estimate of drug-likeness (QED) is 0.639. The number of carbonyl (C=O) groups excluding carboxylic acids is 2. The molecule has 1 unspecified atom stereocenters. The largest absolute Gasteiger partial charge is 0.490 e. The molecular formula is C22H32F3N3O6. The van der Waals surface area contributed by atoms with Gasteiger partial charge in [-0.15, -0.1) is 0 Å². The van der Waals surface area contributed by atoms with Gasteiger partial charge in [-0.25, -0.2) is 9.86 Å². The zero-order valence-corrected chi connectivity index (χ0v) is 19.1. The van der Waals surface area contributed by atoms with Crippen molar-refractivity contribution in [2.45, 2.75) is 62.8 Å². The molecule has 3 heterocycles. The fourth-order valence-corrected chi connectivity index (χ4v) is 4.79. The molecule has 3 aliphatic heterocycles. The van der Waals surface area contributed by atoms with E-state index in [1.807, 2.05) is 4.90 Å². The van der Waals surface area contributed by atoms with Crippen molar-refractivity contribution >= 4 is 17.8 Å². The number of rotatable bonds is 4. The van der Waals surface area contributed by atoms with E-state index in [0.29, 0.717) is 44.7 Å². The van der Waals surface area contributed by atoms with Crippen molar-refractivity contribution in [3.63, 3.8) is 0 Å². The first kappa shape index (κ1) is 25.2. The number of carboxylic acid groups (broad SMARTS) is 1. The molecule has 1 atom stereocenters. The number of amides is 2. The number of carboxylic acids is 1. The number of likely N-dealkylation sites (tertiary alicyclic amines) is 1. The van der Waals surface area contributed by atoms with Crippen LogP contribution in [0, 0.1) is 11.8 Å². The third-order valence-electron chi connectivity index (χ3n) is 7.17. The van der Waals surface area contributed by atoms with Crippen molar-refractivity contribution in [1.29, 1.82) is 0 Å². The Morgan fingerprint density at radius 1 is 0.971 bits per heavy atom. The van der Waals surface area contributed by atoms with Crippen LogP contribution in [-0.4, -0.2) is 102 Å². The summed E-state index contributed by atoms with van der Waals surface area (Å²) in [7, 11) is 0. The second kappa shape index (κ2) is 9.98. The average Bonchev–Trinajstić information content (AvgIpc) is 3.54. The normalized spacial score (nSPS) is 27.3. The van der Waals surface area contributed by atoms with E-state index in [4.69, 9.17) is 19.5 Å². The third kappa shape index (κ3) is 5.83. The van der Waals surface area contributed by atoms with Crippen LogP contribution in [0.5, 0.6) is 0 Å². The first-order valence-corrected chi connectivity index (χ1v) is 12.0. The van der Waals surface area contributed by atoms with Crippen LogP contribution in [0.3, 0.4) is 0 Å². The van der Waals surface area contributed by atoms with E-state index >= 15 is 0 Å². The van der Waals surface area contributed by atoms with E-state index in [2.05, 4.69) is 4.90 Å². The number of hydrogen-bond donors (Lipinski definition) is 1. The Hall–Kier alpha value is -1.92. The Labute approximate surface area is 196 Å². The second-order valence-electron chi connectivity index (χ2n) is 9.99. The molecule has 1 spiro atoms. The van der Waals surface area contributed by atoms with Crippen molar-refractivity contribution in [3.8, 4) is 0 Å². The minimum absolute atomic E-state index is 0.0481. The molecule has 2 aliphatic carbocycles. The predicted octanol–water partition coefficient (Wildman–Crippen LogP) is 1.67. The molecule has 5 fully saturated rings. The van der Waals surface area contributed by atoms with Gasteiger partial charge in [-0.3, -0.25) is 19.3 Å². The molecule has 1 N–H and O–H groups in total. The van der Waals surface area contributed by atoms with Gasteiger partial charge in [0.1, 0.15) is 11.6 Å². The van der Waals surface area contributed by atoms with E-state index in [1.54, 1.807) is 5.06 Å². The minimum Gasteiger partial charge on any atom is -0.475 e. The van der Waals surface area contributed by atoms with Gasteiger partial charge in [-0.1, -0.05) is 6.42 Å². The number of morpholine rings is 1. The van der Waals surface area contributed by atoms with Gasteiger partial charge in [0, 0.05) is 25.6 Å². The first-order chi connectivity index (χ1) is 16.1. The first-order valence-electron chi connectivity index (χ1n) is 12.0. The molecule has 2 saturated carbocycles. The summed E-state index contributed by atoms with van der Waals surface area (Å²) < 4.78 is 38.0. The summed E-state index contributed by atoms with van der Waals surface area (Å²) in [5.41, 5.74) is -0.270. The maximum Gasteiger partial charge on any atom is 0.490 e. The van der Waals surface area contributed by atoms with Gasteiger partial charge in [-0.05, 0) is 44.4 Å². The standard InChI is InChI=1S/C20H31N3O4.C2HF3O2/c24-18(16-4-3-5-16)22-13-20(14-22)12-21(10-15-6-7-15)17(11-26-20)19(25)23-8-1-2-9-27-23;3-2(4,5)1(6)7/h15-17H,1-14H2;(H,6,7). The van der Waals surface area contributed by atoms with Crippen molar-refractivity contribution in [2.24, 2.45) is 11.8 Å². The van der Waals surface area contributed by atoms with Crippen LogP contribution >= 0.6 is 0 Å². The number of hydrogen-bond acceptors (Lipinski definition) is 6. The monoisotopic (exact) mass is 491 g/mol. The Morgan fingerprint density at radius 2 is 1.65 bits per heavy atom. The minimum atomic E-state index is -5.08. The van der Waals surface area contributed by atoms with Crippen LogP contribution in [0.4, 0.5) is 13.2 Å². The number of aliphatic carboxylic acids is 1. The van der Waals surface area contributed by atoms with Gasteiger partial charge in [-0.2, -0.15) is 13.2 Å². The van der Waals surface area contributed by atoms with Crippen LogP contribution in [-0.2, 0) is 24.0 Å². The van der Waals surface area contributed by atoms with Crippen LogP contribution in [0.25, 0.3) is 0 Å². The van der Waals surface area contributed by atoms with Gasteiger partial charge in [0.05, 0.1) is 26.3 Å². The fourth-order valence-electron chi connectivity index (χ4n) is 4.79. The highest BCUT2D eigenvalue weighted by molar-refractivity contribution is 5.82. The summed E-state index contributed by atoms with van der Waals surface area (Å²) in [4.78, 5) is 44.3. The van der Waals surface area contributed by atoms with Crippen LogP contribution < -0.4 is 0 Å². The summed E-state index contributed by atoms with van der Waals surface area (Å²) >= 11 is 0. The Balaban J connectivity index is 0.000000344. The van der Waals surface area contributed by atoms with E-state index in [-0.39, 0.29) is 23.5 Å². The Kier molecular flexibility index (Phi) is 7.39. The summed E-state index contributed by atoms with van der Waals surface area (Å²) in [6.45, 7) is 4.81. The van der Waals surface area contributed by atoms with Crippen LogP contribution in [0.1, 0.15) is 44.9 Å². The van der Waals surface area contributed by atoms with E-state index < -0.39 is 12.1 Å². The topological polar surface area (TPSA) is 99.6 Å². The number of halogens is 3. The maximum atomic E-state index is 13.0. The lowest BCUT2D eigenvalue weighted by molar-refractivity contribution is -0.227. The van der Waals surface area contributed by atoms with Gasteiger partial charge >= 0.3 is 12.1 Å². The molecule has 0 aromatic heterocycles. The molecule has 12 heteroatoms. The molecule has 0 radical (unpaired) electrons. The van der Waals surface area contributed by atoms with E-state index in [1.165, 1.54) is 19.3 Å². The van der Waals surface area contributed by atoms with Crippen LogP contribution in [0.2, 0.25) is 0 Å². The molecular weight excluding hydrogens is 459 g/mol. The molecule has 0 bridgehead atoms. The molecule has 5 aliphatic rings. The van der Waals surface area contributed by atoms with Gasteiger partial charge in [0.2, 0.25) is 5.91 Å². The van der Waals surface area contributed by atoms with E-state index in [0.717, 1.165) is 38.8 Å². The summed E-state index contributed by atoms with van der Waals surface area (Å²) in [6, 6.07) is -0.245. The van der Waals surface area contributed by atoms with Gasteiger partial charge in [0.25, 0.3) is 5.91 Å². The second-order valence-corrected chi connectivity index (χ2v) is 9.99. The van der Waals surface area contributed by atoms with Gasteiger partial charge < -0.3 is 14.7 Å². The highest BCUT2D eigenvalue weighted by atomic mass is 19.4. The van der Waals surface area contributed by atoms with Crippen molar-refractivity contribution in [1.82, 2.24) is 14.9 Å². The number of hydroxylamine groups is 2. The van der Waals surface area contributed by atoms with E-state index in [9.17, 15) is 22.8 Å². The molecule has 9 nitrogen and oxygen atoms in total. The maximum absolute atomic E-state index is 13.0. The van der Waals surface area contributed by atoms with Gasteiger partial charge in [0.15, 0.2) is 0 Å². The fraction of sp³-hybridized carbons (Fsp3) is 0.864. The lowest BCUT2D eigenvalue weighted by atomic mass is 9.81. The Bertz CT molecular complexity index is 774. The molecule has 0 aromatic carbocycles. The SMILES string of the molecule is O=C(C1CCC1)N1CC2(C1)CN(CC1CC1)C(C(=O)N1CCCCO1)CO2.O=C(O)C(F)(F)F. The van der Waals surface area contributed by atoms with Crippen LogP contribution in [0.15, 0.2) is 0 Å². The molecule has 34 heavy (non-hydrogen) atoms. The summed E-state index contributed by atoms with van der Waals surface area (Å²) in [5, 5.41) is 8.68. The molecule has 2 amide bonds. The summed E-state index contributed by atoms with van der Waals surface area (Å²) in [5.74, 6) is -1.44. The lowest BCUT2D eigenvalue weighted by Crippen LogP contribution is -2.74. The number of alkyl halides is 3. The molecule has 3 saturated heterocycles. The number of ether oxygens (including phenoxy) is 1.